The van der Waals surface area contributed by atoms with E-state index >= 15 is 0 Å². The van der Waals surface area contributed by atoms with Gasteiger partial charge in [-0.1, -0.05) is 12.1 Å². The predicted octanol–water partition coefficient (Wildman–Crippen LogP) is 2.81. The summed E-state index contributed by atoms with van der Waals surface area (Å²) in [4.78, 5) is 12.8. The monoisotopic (exact) mass is 206 g/mol. The molecule has 0 bridgehead atoms. The number of rotatable bonds is 0. The molecule has 0 aromatic heterocycles. The van der Waals surface area contributed by atoms with Crippen LogP contribution in [0.3, 0.4) is 0 Å². The van der Waals surface area contributed by atoms with E-state index < -0.39 is 0 Å². The third kappa shape index (κ3) is 1.55. The fourth-order valence-corrected chi connectivity index (χ4v) is 2.49. The minimum absolute atomic E-state index is 0.0481. The molecule has 0 aliphatic carbocycles. The van der Waals surface area contributed by atoms with Crippen molar-refractivity contribution < 1.29 is 9.90 Å². The van der Waals surface area contributed by atoms with Crippen molar-refractivity contribution in [1.29, 1.82) is 0 Å². The fourth-order valence-electron chi connectivity index (χ4n) is 1.46. The van der Waals surface area contributed by atoms with E-state index in [1.807, 2.05) is 18.2 Å². The second-order valence-electron chi connectivity index (χ2n) is 3.08. The van der Waals surface area contributed by atoms with Gasteiger partial charge in [-0.15, -0.1) is 11.8 Å². The Morgan fingerprint density at radius 3 is 2.93 bits per heavy atom. The molecular weight excluding hydrogens is 196 g/mol. The topological polar surface area (TPSA) is 37.3 Å². The van der Waals surface area contributed by atoms with E-state index in [0.29, 0.717) is 17.6 Å². The molecule has 1 aliphatic heterocycles. The lowest BCUT2D eigenvalue weighted by atomic mass is 10.0. The van der Waals surface area contributed by atoms with Crippen molar-refractivity contribution in [2.75, 3.05) is 5.75 Å². The summed E-state index contributed by atoms with van der Waals surface area (Å²) in [5, 5.41) is 8.92. The van der Waals surface area contributed by atoms with Gasteiger partial charge in [-0.2, -0.15) is 0 Å². The third-order valence-corrected chi connectivity index (χ3v) is 3.28. The van der Waals surface area contributed by atoms with Crippen LogP contribution in [-0.2, 0) is 0 Å². The van der Waals surface area contributed by atoms with E-state index in [4.69, 9.17) is 5.11 Å². The average Bonchev–Trinajstić information content (AvgIpc) is 2.39. The van der Waals surface area contributed by atoms with Gasteiger partial charge in [-0.3, -0.25) is 4.79 Å². The maximum Gasteiger partial charge on any atom is 0.193 e. The molecule has 0 fully saturated rings. The second kappa shape index (κ2) is 3.88. The Labute approximate surface area is 86.6 Å². The second-order valence-corrected chi connectivity index (χ2v) is 4.21. The predicted molar refractivity (Wildman–Crippen MR) is 56.8 cm³/mol. The largest absolute Gasteiger partial charge is 0.515 e. The van der Waals surface area contributed by atoms with Gasteiger partial charge < -0.3 is 5.11 Å². The number of allylic oxidation sites excluding steroid dienone is 1. The number of carbonyl (C=O) groups is 1. The average molecular weight is 206 g/mol. The van der Waals surface area contributed by atoms with Gasteiger partial charge in [0.25, 0.3) is 0 Å². The molecule has 1 aliphatic rings. The minimum Gasteiger partial charge on any atom is -0.515 e. The molecule has 0 saturated heterocycles. The number of fused-ring (bicyclic) bond motifs is 1. The molecule has 1 aromatic rings. The van der Waals surface area contributed by atoms with Gasteiger partial charge in [0.2, 0.25) is 0 Å². The summed E-state index contributed by atoms with van der Waals surface area (Å²) in [7, 11) is 0. The van der Waals surface area contributed by atoms with Crippen molar-refractivity contribution in [1.82, 2.24) is 0 Å². The SMILES string of the molecule is O=C1C(=CO)CCSc2ccccc21. The lowest BCUT2D eigenvalue weighted by molar-refractivity contribution is 0.102. The van der Waals surface area contributed by atoms with Crippen LogP contribution in [0.2, 0.25) is 0 Å². The molecule has 1 aromatic carbocycles. The number of hydrogen-bond acceptors (Lipinski definition) is 3. The Morgan fingerprint density at radius 2 is 2.14 bits per heavy atom. The van der Waals surface area contributed by atoms with Crippen molar-refractivity contribution in [2.45, 2.75) is 11.3 Å². The molecule has 1 N–H and O–H groups in total. The van der Waals surface area contributed by atoms with Gasteiger partial charge in [-0.05, 0) is 18.6 Å². The summed E-state index contributed by atoms with van der Waals surface area (Å²) in [6, 6.07) is 7.52. The summed E-state index contributed by atoms with van der Waals surface area (Å²) in [5.41, 5.74) is 1.21. The molecule has 3 heteroatoms. The zero-order valence-electron chi connectivity index (χ0n) is 7.56. The van der Waals surface area contributed by atoms with Crippen LogP contribution in [0.15, 0.2) is 41.0 Å². The summed E-state index contributed by atoms with van der Waals surface area (Å²) in [6.45, 7) is 0. The molecular formula is C11H10O2S. The quantitative estimate of drug-likeness (QED) is 0.524. The summed E-state index contributed by atoms with van der Waals surface area (Å²) in [6.07, 6.45) is 1.57. The van der Waals surface area contributed by atoms with Gasteiger partial charge in [0.05, 0.1) is 6.26 Å². The van der Waals surface area contributed by atoms with Crippen molar-refractivity contribution in [3.63, 3.8) is 0 Å². The van der Waals surface area contributed by atoms with E-state index in [1.165, 1.54) is 0 Å². The Morgan fingerprint density at radius 1 is 1.36 bits per heavy atom. The van der Waals surface area contributed by atoms with Crippen LogP contribution in [-0.4, -0.2) is 16.6 Å². The Hall–Kier alpha value is -1.22. The van der Waals surface area contributed by atoms with Crippen molar-refractivity contribution in [3.8, 4) is 0 Å². The van der Waals surface area contributed by atoms with Crippen LogP contribution < -0.4 is 0 Å². The number of aliphatic hydroxyl groups excluding tert-OH is 1. The number of thioether (sulfide) groups is 1. The van der Waals surface area contributed by atoms with Crippen molar-refractivity contribution in [2.24, 2.45) is 0 Å². The van der Waals surface area contributed by atoms with Gasteiger partial charge in [0, 0.05) is 21.8 Å². The molecule has 0 spiro atoms. The first-order valence-electron chi connectivity index (χ1n) is 4.42. The van der Waals surface area contributed by atoms with Gasteiger partial charge >= 0.3 is 0 Å². The highest BCUT2D eigenvalue weighted by atomic mass is 32.2. The van der Waals surface area contributed by atoms with E-state index in [0.717, 1.165) is 16.9 Å². The smallest absolute Gasteiger partial charge is 0.193 e. The normalized spacial score (nSPS) is 19.1. The van der Waals surface area contributed by atoms with Crippen LogP contribution >= 0.6 is 11.8 Å². The molecule has 14 heavy (non-hydrogen) atoms. The van der Waals surface area contributed by atoms with E-state index in [1.54, 1.807) is 17.8 Å². The minimum atomic E-state index is -0.0481. The highest BCUT2D eigenvalue weighted by Gasteiger charge is 2.19. The Kier molecular flexibility index (Phi) is 2.59. The summed E-state index contributed by atoms with van der Waals surface area (Å²) < 4.78 is 0. The maximum atomic E-state index is 11.8. The molecule has 0 saturated carbocycles. The maximum absolute atomic E-state index is 11.8. The van der Waals surface area contributed by atoms with Crippen LogP contribution in [0.1, 0.15) is 16.8 Å². The third-order valence-electron chi connectivity index (χ3n) is 2.21. The number of hydrogen-bond donors (Lipinski definition) is 1. The molecule has 2 nitrogen and oxygen atoms in total. The lowest BCUT2D eigenvalue weighted by Crippen LogP contribution is -2.02. The number of carbonyl (C=O) groups excluding carboxylic acids is 1. The molecule has 0 atom stereocenters. The molecule has 0 amide bonds. The van der Waals surface area contributed by atoms with Gasteiger partial charge in [0.1, 0.15) is 0 Å². The van der Waals surface area contributed by atoms with E-state index in [-0.39, 0.29) is 5.78 Å². The first kappa shape index (κ1) is 9.34. The Balaban J connectivity index is 2.50. The molecule has 72 valence electrons. The number of benzene rings is 1. The zero-order chi connectivity index (χ0) is 9.97. The van der Waals surface area contributed by atoms with Crippen molar-refractivity contribution in [3.05, 3.63) is 41.7 Å². The molecule has 1 heterocycles. The number of ketones is 1. The van der Waals surface area contributed by atoms with Crippen LogP contribution in [0.4, 0.5) is 0 Å². The first-order valence-corrected chi connectivity index (χ1v) is 5.41. The summed E-state index contributed by atoms with van der Waals surface area (Å²) >= 11 is 1.66. The summed E-state index contributed by atoms with van der Waals surface area (Å²) in [5.74, 6) is 0.794. The van der Waals surface area contributed by atoms with Crippen LogP contribution in [0, 0.1) is 0 Å². The van der Waals surface area contributed by atoms with E-state index in [9.17, 15) is 4.79 Å². The molecule has 0 unspecified atom stereocenters. The number of Topliss-reactive ketones (excluding diaryl/α,β-unsaturated/α-hetero) is 1. The fraction of sp³-hybridized carbons (Fsp3) is 0.182. The van der Waals surface area contributed by atoms with Crippen LogP contribution in [0.25, 0.3) is 0 Å². The zero-order valence-corrected chi connectivity index (χ0v) is 8.38. The highest BCUT2D eigenvalue weighted by molar-refractivity contribution is 7.99. The van der Waals surface area contributed by atoms with Crippen LogP contribution in [0.5, 0.6) is 0 Å². The van der Waals surface area contributed by atoms with E-state index in [2.05, 4.69) is 0 Å². The first-order chi connectivity index (χ1) is 6.83. The number of aliphatic hydroxyl groups is 1. The standard InChI is InChI=1S/C11H10O2S/c12-7-8-5-6-14-10-4-2-1-3-9(10)11(8)13/h1-4,7,12H,5-6H2. The van der Waals surface area contributed by atoms with Gasteiger partial charge in [0.15, 0.2) is 5.78 Å². The van der Waals surface area contributed by atoms with Gasteiger partial charge in [-0.25, -0.2) is 0 Å². The lowest BCUT2D eigenvalue weighted by Gasteiger charge is -2.02. The Bertz CT molecular complexity index is 396. The highest BCUT2D eigenvalue weighted by Crippen LogP contribution is 2.30. The van der Waals surface area contributed by atoms with Crippen molar-refractivity contribution >= 4 is 17.5 Å². The molecule has 2 rings (SSSR count). The molecule has 0 radical (unpaired) electrons.